The van der Waals surface area contributed by atoms with Crippen molar-refractivity contribution in [3.63, 3.8) is 0 Å². The van der Waals surface area contributed by atoms with Crippen molar-refractivity contribution in [2.24, 2.45) is 0 Å². The van der Waals surface area contributed by atoms with Gasteiger partial charge in [-0.05, 0) is 51.2 Å². The van der Waals surface area contributed by atoms with E-state index in [4.69, 9.17) is 0 Å². The Kier molecular flexibility index (Phi) is 4.08. The van der Waals surface area contributed by atoms with Crippen LogP contribution in [0.5, 0.6) is 0 Å². The van der Waals surface area contributed by atoms with Gasteiger partial charge in [0.25, 0.3) is 5.69 Å². The first kappa shape index (κ1) is 13.8. The van der Waals surface area contributed by atoms with Gasteiger partial charge >= 0.3 is 0 Å². The van der Waals surface area contributed by atoms with Crippen LogP contribution in [0, 0.1) is 10.1 Å². The van der Waals surface area contributed by atoms with Crippen LogP contribution >= 0.6 is 0 Å². The summed E-state index contributed by atoms with van der Waals surface area (Å²) in [6.07, 6.45) is 4.50. The smallest absolute Gasteiger partial charge is 0.269 e. The molecule has 2 atom stereocenters. The molecule has 0 saturated carbocycles. The monoisotopic (exact) mass is 262 g/mol. The maximum absolute atomic E-state index is 10.9. The van der Waals surface area contributed by atoms with Crippen molar-refractivity contribution < 1.29 is 4.92 Å². The van der Waals surface area contributed by atoms with Gasteiger partial charge < -0.3 is 4.90 Å². The van der Waals surface area contributed by atoms with Crippen molar-refractivity contribution >= 4 is 11.4 Å². The van der Waals surface area contributed by atoms with Crippen LogP contribution in [0.25, 0.3) is 0 Å². The second kappa shape index (κ2) is 5.59. The SMILES string of the molecule is CCc1cc([N+](=O)[O-])ccc1N1[C@H](C)CCC[C@H]1C. The van der Waals surface area contributed by atoms with Gasteiger partial charge in [-0.15, -0.1) is 0 Å². The largest absolute Gasteiger partial charge is 0.366 e. The number of hydrogen-bond donors (Lipinski definition) is 0. The summed E-state index contributed by atoms with van der Waals surface area (Å²) < 4.78 is 0. The second-order valence-corrected chi connectivity index (χ2v) is 5.46. The van der Waals surface area contributed by atoms with E-state index in [2.05, 4.69) is 25.7 Å². The summed E-state index contributed by atoms with van der Waals surface area (Å²) in [6, 6.07) is 6.30. The molecule has 0 radical (unpaired) electrons. The van der Waals surface area contributed by atoms with E-state index in [-0.39, 0.29) is 10.6 Å². The molecule has 104 valence electrons. The lowest BCUT2D eigenvalue weighted by molar-refractivity contribution is -0.384. The van der Waals surface area contributed by atoms with Gasteiger partial charge in [-0.2, -0.15) is 0 Å². The van der Waals surface area contributed by atoms with Crippen LogP contribution in [-0.4, -0.2) is 17.0 Å². The molecule has 0 amide bonds. The molecule has 1 aliphatic rings. The van der Waals surface area contributed by atoms with Crippen molar-refractivity contribution in [2.45, 2.75) is 58.5 Å². The summed E-state index contributed by atoms with van der Waals surface area (Å²) >= 11 is 0. The Bertz CT molecular complexity index is 463. The number of anilines is 1. The molecule has 0 N–H and O–H groups in total. The molecule has 1 aromatic carbocycles. The third kappa shape index (κ3) is 2.72. The fraction of sp³-hybridized carbons (Fsp3) is 0.600. The van der Waals surface area contributed by atoms with Crippen LogP contribution in [0.3, 0.4) is 0 Å². The molecule has 1 fully saturated rings. The summed E-state index contributed by atoms with van der Waals surface area (Å²) in [5.74, 6) is 0. The Balaban J connectivity index is 2.40. The molecule has 4 heteroatoms. The number of rotatable bonds is 3. The Morgan fingerprint density at radius 3 is 2.47 bits per heavy atom. The van der Waals surface area contributed by atoms with Crippen molar-refractivity contribution in [3.8, 4) is 0 Å². The van der Waals surface area contributed by atoms with Gasteiger partial charge in [0.05, 0.1) is 4.92 Å². The molecular formula is C15H22N2O2. The first-order chi connectivity index (χ1) is 9.04. The Hall–Kier alpha value is -1.58. The molecule has 1 aliphatic heterocycles. The van der Waals surface area contributed by atoms with Gasteiger partial charge in [-0.3, -0.25) is 10.1 Å². The molecule has 0 aromatic heterocycles. The summed E-state index contributed by atoms with van der Waals surface area (Å²) in [6.45, 7) is 6.55. The molecular weight excluding hydrogens is 240 g/mol. The lowest BCUT2D eigenvalue weighted by Gasteiger charge is -2.42. The van der Waals surface area contributed by atoms with Crippen LogP contribution in [0.4, 0.5) is 11.4 Å². The number of hydrogen-bond acceptors (Lipinski definition) is 3. The normalized spacial score (nSPS) is 23.4. The molecule has 1 heterocycles. The number of non-ortho nitro benzene ring substituents is 1. The summed E-state index contributed by atoms with van der Waals surface area (Å²) in [5.41, 5.74) is 2.44. The summed E-state index contributed by atoms with van der Waals surface area (Å²) in [4.78, 5) is 13.0. The van der Waals surface area contributed by atoms with Crippen LogP contribution in [0.15, 0.2) is 18.2 Å². The van der Waals surface area contributed by atoms with E-state index < -0.39 is 0 Å². The average Bonchev–Trinajstić information content (AvgIpc) is 2.38. The predicted octanol–water partition coefficient (Wildman–Crippen LogP) is 3.92. The number of nitrogens with zero attached hydrogens (tertiary/aromatic N) is 2. The fourth-order valence-corrected chi connectivity index (χ4v) is 3.12. The van der Waals surface area contributed by atoms with E-state index in [0.29, 0.717) is 12.1 Å². The van der Waals surface area contributed by atoms with Gasteiger partial charge in [0.1, 0.15) is 0 Å². The van der Waals surface area contributed by atoms with Crippen molar-refractivity contribution in [3.05, 3.63) is 33.9 Å². The summed E-state index contributed by atoms with van der Waals surface area (Å²) in [7, 11) is 0. The van der Waals surface area contributed by atoms with Crippen LogP contribution in [0.2, 0.25) is 0 Å². The molecule has 4 nitrogen and oxygen atoms in total. The molecule has 1 aromatic rings. The zero-order valence-electron chi connectivity index (χ0n) is 11.9. The van der Waals surface area contributed by atoms with E-state index in [1.165, 1.54) is 24.9 Å². The highest BCUT2D eigenvalue weighted by Gasteiger charge is 2.26. The number of nitro benzene ring substituents is 1. The van der Waals surface area contributed by atoms with Crippen molar-refractivity contribution in [1.82, 2.24) is 0 Å². The standard InChI is InChI=1S/C15H22N2O2/c1-4-13-10-14(17(18)19)8-9-15(13)16-11(2)6-5-7-12(16)3/h8-12H,4-7H2,1-3H3/t11-,12-/m1/s1. The van der Waals surface area contributed by atoms with E-state index in [1.54, 1.807) is 12.1 Å². The van der Waals surface area contributed by atoms with Gasteiger partial charge in [-0.25, -0.2) is 0 Å². The van der Waals surface area contributed by atoms with Crippen LogP contribution in [-0.2, 0) is 6.42 Å². The number of benzene rings is 1. The average molecular weight is 262 g/mol. The summed E-state index contributed by atoms with van der Waals surface area (Å²) in [5, 5.41) is 10.9. The Morgan fingerprint density at radius 1 is 1.32 bits per heavy atom. The maximum Gasteiger partial charge on any atom is 0.269 e. The fourth-order valence-electron chi connectivity index (χ4n) is 3.12. The Morgan fingerprint density at radius 2 is 1.95 bits per heavy atom. The second-order valence-electron chi connectivity index (χ2n) is 5.46. The lowest BCUT2D eigenvalue weighted by Crippen LogP contribution is -2.44. The zero-order valence-corrected chi connectivity index (χ0v) is 11.9. The quantitative estimate of drug-likeness (QED) is 0.612. The van der Waals surface area contributed by atoms with E-state index in [0.717, 1.165) is 12.0 Å². The molecule has 0 spiro atoms. The van der Waals surface area contributed by atoms with Crippen LogP contribution in [0.1, 0.15) is 45.6 Å². The van der Waals surface area contributed by atoms with E-state index in [1.807, 2.05) is 6.07 Å². The molecule has 2 rings (SSSR count). The van der Waals surface area contributed by atoms with Gasteiger partial charge in [0.2, 0.25) is 0 Å². The van der Waals surface area contributed by atoms with Gasteiger partial charge in [-0.1, -0.05) is 6.92 Å². The zero-order chi connectivity index (χ0) is 14.0. The van der Waals surface area contributed by atoms with Crippen LogP contribution < -0.4 is 4.90 Å². The third-order valence-corrected chi connectivity index (χ3v) is 4.13. The topological polar surface area (TPSA) is 46.4 Å². The predicted molar refractivity (Wildman–Crippen MR) is 77.7 cm³/mol. The minimum absolute atomic E-state index is 0.193. The van der Waals surface area contributed by atoms with Gasteiger partial charge in [0.15, 0.2) is 0 Å². The van der Waals surface area contributed by atoms with Gasteiger partial charge in [0, 0.05) is 29.9 Å². The van der Waals surface area contributed by atoms with E-state index in [9.17, 15) is 10.1 Å². The highest BCUT2D eigenvalue weighted by atomic mass is 16.6. The molecule has 0 bridgehead atoms. The lowest BCUT2D eigenvalue weighted by atomic mass is 9.95. The van der Waals surface area contributed by atoms with Crippen molar-refractivity contribution in [1.29, 1.82) is 0 Å². The minimum atomic E-state index is -0.313. The highest BCUT2D eigenvalue weighted by Crippen LogP contribution is 2.33. The number of nitro groups is 1. The maximum atomic E-state index is 10.9. The molecule has 0 aliphatic carbocycles. The minimum Gasteiger partial charge on any atom is -0.366 e. The number of piperidine rings is 1. The third-order valence-electron chi connectivity index (χ3n) is 4.13. The number of aryl methyl sites for hydroxylation is 1. The first-order valence-corrected chi connectivity index (χ1v) is 7.10. The molecule has 19 heavy (non-hydrogen) atoms. The first-order valence-electron chi connectivity index (χ1n) is 7.10. The molecule has 0 unspecified atom stereocenters. The highest BCUT2D eigenvalue weighted by molar-refractivity contribution is 5.59. The Labute approximate surface area is 114 Å². The van der Waals surface area contributed by atoms with Crippen molar-refractivity contribution in [2.75, 3.05) is 4.90 Å². The molecule has 1 saturated heterocycles. The van der Waals surface area contributed by atoms with E-state index >= 15 is 0 Å².